The van der Waals surface area contributed by atoms with Crippen LogP contribution in [0.25, 0.3) is 0 Å². The van der Waals surface area contributed by atoms with Gasteiger partial charge < -0.3 is 10.1 Å². The summed E-state index contributed by atoms with van der Waals surface area (Å²) in [6, 6.07) is 9.13. The standard InChI is InChI=1S/C16H25NO2/c1-15(2,3)13(16(4,5)6)17-14(18)19-12-10-8-7-9-11-12/h7-11,13H,1-6H3,(H,17,18). The molecule has 3 nitrogen and oxygen atoms in total. The first-order valence-corrected chi connectivity index (χ1v) is 6.64. The number of ether oxygens (including phenoxy) is 1. The van der Waals surface area contributed by atoms with Crippen molar-refractivity contribution in [2.45, 2.75) is 47.6 Å². The summed E-state index contributed by atoms with van der Waals surface area (Å²) in [5, 5.41) is 2.98. The number of hydrogen-bond acceptors (Lipinski definition) is 2. The van der Waals surface area contributed by atoms with E-state index in [9.17, 15) is 4.79 Å². The van der Waals surface area contributed by atoms with Crippen LogP contribution in [0.5, 0.6) is 5.75 Å². The zero-order chi connectivity index (χ0) is 14.7. The third kappa shape index (κ3) is 4.93. The summed E-state index contributed by atoms with van der Waals surface area (Å²) in [5.74, 6) is 0.557. The van der Waals surface area contributed by atoms with Gasteiger partial charge in [-0.3, -0.25) is 0 Å². The Morgan fingerprint density at radius 2 is 1.47 bits per heavy atom. The average molecular weight is 263 g/mol. The van der Waals surface area contributed by atoms with Crippen LogP contribution in [-0.4, -0.2) is 12.1 Å². The summed E-state index contributed by atoms with van der Waals surface area (Å²) in [5.41, 5.74) is -0.0675. The molecule has 1 amide bonds. The Balaban J connectivity index is 2.73. The van der Waals surface area contributed by atoms with Crippen LogP contribution >= 0.6 is 0 Å². The minimum absolute atomic E-state index is 0.0243. The van der Waals surface area contributed by atoms with Crippen molar-refractivity contribution >= 4 is 6.09 Å². The van der Waals surface area contributed by atoms with Crippen LogP contribution in [-0.2, 0) is 0 Å². The fraction of sp³-hybridized carbons (Fsp3) is 0.562. The van der Waals surface area contributed by atoms with Crippen molar-refractivity contribution in [1.82, 2.24) is 5.32 Å². The third-order valence-corrected chi connectivity index (χ3v) is 2.95. The Morgan fingerprint density at radius 3 is 1.89 bits per heavy atom. The van der Waals surface area contributed by atoms with Crippen LogP contribution in [0.2, 0.25) is 0 Å². The van der Waals surface area contributed by atoms with E-state index < -0.39 is 6.09 Å². The maximum atomic E-state index is 12.0. The summed E-state index contributed by atoms with van der Waals surface area (Å²) in [6.45, 7) is 12.7. The molecular formula is C16H25NO2. The largest absolute Gasteiger partial charge is 0.412 e. The molecule has 0 saturated carbocycles. The van der Waals surface area contributed by atoms with E-state index in [-0.39, 0.29) is 16.9 Å². The highest BCUT2D eigenvalue weighted by Gasteiger charge is 2.36. The quantitative estimate of drug-likeness (QED) is 0.867. The van der Waals surface area contributed by atoms with Gasteiger partial charge in [-0.25, -0.2) is 4.79 Å². The molecule has 0 aromatic heterocycles. The molecule has 0 saturated heterocycles. The molecule has 1 aromatic rings. The van der Waals surface area contributed by atoms with Crippen molar-refractivity contribution in [1.29, 1.82) is 0 Å². The van der Waals surface area contributed by atoms with Gasteiger partial charge in [0.05, 0.1) is 0 Å². The predicted molar refractivity (Wildman–Crippen MR) is 78.3 cm³/mol. The Hall–Kier alpha value is -1.51. The first kappa shape index (κ1) is 15.5. The highest BCUT2D eigenvalue weighted by Crippen LogP contribution is 2.33. The van der Waals surface area contributed by atoms with Gasteiger partial charge in [0, 0.05) is 6.04 Å². The topological polar surface area (TPSA) is 38.3 Å². The number of amides is 1. The lowest BCUT2D eigenvalue weighted by atomic mass is 9.72. The molecule has 0 aliphatic heterocycles. The van der Waals surface area contributed by atoms with Gasteiger partial charge in [-0.15, -0.1) is 0 Å². The highest BCUT2D eigenvalue weighted by atomic mass is 16.6. The van der Waals surface area contributed by atoms with Crippen molar-refractivity contribution in [3.63, 3.8) is 0 Å². The van der Waals surface area contributed by atoms with Gasteiger partial charge >= 0.3 is 6.09 Å². The third-order valence-electron chi connectivity index (χ3n) is 2.95. The number of nitrogens with one attached hydrogen (secondary N) is 1. The first-order valence-electron chi connectivity index (χ1n) is 6.64. The van der Waals surface area contributed by atoms with E-state index in [0.29, 0.717) is 5.75 Å². The van der Waals surface area contributed by atoms with E-state index >= 15 is 0 Å². The predicted octanol–water partition coefficient (Wildman–Crippen LogP) is 4.24. The van der Waals surface area contributed by atoms with Crippen LogP contribution in [0.3, 0.4) is 0 Å². The maximum Gasteiger partial charge on any atom is 0.412 e. The van der Waals surface area contributed by atoms with Gasteiger partial charge in [-0.05, 0) is 23.0 Å². The molecule has 0 heterocycles. The minimum atomic E-state index is -0.402. The second-order valence-corrected chi connectivity index (χ2v) is 7.01. The molecule has 1 rings (SSSR count). The number of carbonyl (C=O) groups excluding carboxylic acids is 1. The van der Waals surface area contributed by atoms with Crippen molar-refractivity contribution in [3.8, 4) is 5.75 Å². The number of carbonyl (C=O) groups is 1. The van der Waals surface area contributed by atoms with Crippen LogP contribution in [0.1, 0.15) is 41.5 Å². The molecule has 0 unspecified atom stereocenters. The Bertz CT molecular complexity index is 399. The Labute approximate surface area is 116 Å². The minimum Gasteiger partial charge on any atom is -0.410 e. The molecular weight excluding hydrogens is 238 g/mol. The van der Waals surface area contributed by atoms with E-state index in [4.69, 9.17) is 4.74 Å². The first-order chi connectivity index (χ1) is 8.60. The second kappa shape index (κ2) is 5.64. The van der Waals surface area contributed by atoms with E-state index in [1.807, 2.05) is 18.2 Å². The van der Waals surface area contributed by atoms with E-state index in [1.165, 1.54) is 0 Å². The molecule has 0 aliphatic rings. The van der Waals surface area contributed by atoms with Crippen molar-refractivity contribution in [3.05, 3.63) is 30.3 Å². The van der Waals surface area contributed by atoms with Crippen LogP contribution < -0.4 is 10.1 Å². The molecule has 106 valence electrons. The lowest BCUT2D eigenvalue weighted by Crippen LogP contribution is -2.52. The summed E-state index contributed by atoms with van der Waals surface area (Å²) < 4.78 is 5.29. The van der Waals surface area contributed by atoms with Crippen LogP contribution in [0.4, 0.5) is 4.79 Å². The molecule has 19 heavy (non-hydrogen) atoms. The molecule has 0 radical (unpaired) electrons. The molecule has 3 heteroatoms. The zero-order valence-corrected chi connectivity index (χ0v) is 12.8. The summed E-state index contributed by atoms with van der Waals surface area (Å²) in [4.78, 5) is 12.0. The molecule has 1 N–H and O–H groups in total. The van der Waals surface area contributed by atoms with Gasteiger partial charge in [0.2, 0.25) is 0 Å². The molecule has 0 spiro atoms. The Morgan fingerprint density at radius 1 is 1.00 bits per heavy atom. The number of benzene rings is 1. The number of hydrogen-bond donors (Lipinski definition) is 1. The molecule has 0 fully saturated rings. The van der Waals surface area contributed by atoms with Crippen LogP contribution in [0, 0.1) is 10.8 Å². The zero-order valence-electron chi connectivity index (χ0n) is 12.8. The maximum absolute atomic E-state index is 12.0. The number of rotatable bonds is 2. The van der Waals surface area contributed by atoms with E-state index in [0.717, 1.165) is 0 Å². The SMILES string of the molecule is CC(C)(C)C(NC(=O)Oc1ccccc1)C(C)(C)C. The molecule has 0 bridgehead atoms. The smallest absolute Gasteiger partial charge is 0.410 e. The van der Waals surface area contributed by atoms with Gasteiger partial charge in [-0.1, -0.05) is 59.7 Å². The normalized spacial score (nSPS) is 12.4. The fourth-order valence-corrected chi connectivity index (χ4v) is 2.47. The summed E-state index contributed by atoms with van der Waals surface area (Å²) >= 11 is 0. The Kier molecular flexibility index (Phi) is 4.61. The average Bonchev–Trinajstić information content (AvgIpc) is 2.24. The van der Waals surface area contributed by atoms with E-state index in [1.54, 1.807) is 12.1 Å². The summed E-state index contributed by atoms with van der Waals surface area (Å²) in [7, 11) is 0. The van der Waals surface area contributed by atoms with E-state index in [2.05, 4.69) is 46.9 Å². The lowest BCUT2D eigenvalue weighted by molar-refractivity contribution is 0.126. The van der Waals surface area contributed by atoms with Gasteiger partial charge in [0.1, 0.15) is 5.75 Å². The van der Waals surface area contributed by atoms with Gasteiger partial charge in [0.15, 0.2) is 0 Å². The van der Waals surface area contributed by atoms with Gasteiger partial charge in [-0.2, -0.15) is 0 Å². The highest BCUT2D eigenvalue weighted by molar-refractivity contribution is 5.70. The van der Waals surface area contributed by atoms with Gasteiger partial charge in [0.25, 0.3) is 0 Å². The van der Waals surface area contributed by atoms with Crippen molar-refractivity contribution in [2.75, 3.05) is 0 Å². The van der Waals surface area contributed by atoms with Crippen molar-refractivity contribution in [2.24, 2.45) is 10.8 Å². The molecule has 1 aromatic carbocycles. The lowest BCUT2D eigenvalue weighted by Gasteiger charge is -2.40. The second-order valence-electron chi connectivity index (χ2n) is 7.01. The van der Waals surface area contributed by atoms with Crippen LogP contribution in [0.15, 0.2) is 30.3 Å². The fourth-order valence-electron chi connectivity index (χ4n) is 2.47. The summed E-state index contributed by atoms with van der Waals surface area (Å²) in [6.07, 6.45) is -0.402. The molecule has 0 atom stereocenters. The monoisotopic (exact) mass is 263 g/mol. The van der Waals surface area contributed by atoms with Crippen molar-refractivity contribution < 1.29 is 9.53 Å². The number of para-hydroxylation sites is 1. The molecule has 0 aliphatic carbocycles.